The molecule has 0 bridgehead atoms. The molecule has 1 aliphatic heterocycles. The van der Waals surface area contributed by atoms with Gasteiger partial charge in [-0.05, 0) is 42.0 Å². The molecule has 1 aliphatic rings. The number of ether oxygens (including phenoxy) is 2. The first kappa shape index (κ1) is 15.9. The lowest BCUT2D eigenvalue weighted by molar-refractivity contribution is -0.0329. The molecular formula is C18H19F2NO2. The minimum absolute atomic E-state index is 0.0461. The summed E-state index contributed by atoms with van der Waals surface area (Å²) in [5.41, 5.74) is 0.982. The Morgan fingerprint density at radius 2 is 1.65 bits per heavy atom. The smallest absolute Gasteiger partial charge is 0.123 e. The van der Waals surface area contributed by atoms with E-state index in [0.717, 1.165) is 25.2 Å². The predicted molar refractivity (Wildman–Crippen MR) is 83.4 cm³/mol. The van der Waals surface area contributed by atoms with Crippen molar-refractivity contribution in [1.82, 2.24) is 4.90 Å². The Labute approximate surface area is 134 Å². The van der Waals surface area contributed by atoms with Crippen LogP contribution in [0.1, 0.15) is 11.7 Å². The Kier molecular flexibility index (Phi) is 5.20. The highest BCUT2D eigenvalue weighted by Gasteiger charge is 2.21. The summed E-state index contributed by atoms with van der Waals surface area (Å²) in [5, 5.41) is 0. The quantitative estimate of drug-likeness (QED) is 0.843. The summed E-state index contributed by atoms with van der Waals surface area (Å²) >= 11 is 0. The van der Waals surface area contributed by atoms with Crippen LogP contribution in [-0.2, 0) is 4.74 Å². The molecule has 0 aromatic heterocycles. The standard InChI is InChI=1S/C18H19F2NO2/c19-15-3-1-14(2-4-15)18-13-21(10-12-23-18)9-11-22-17-7-5-16(20)6-8-17/h1-8,18H,9-13H2. The Morgan fingerprint density at radius 3 is 2.35 bits per heavy atom. The molecule has 0 spiro atoms. The zero-order valence-electron chi connectivity index (χ0n) is 12.8. The van der Waals surface area contributed by atoms with Crippen LogP contribution in [0.2, 0.25) is 0 Å². The van der Waals surface area contributed by atoms with Crippen LogP contribution in [-0.4, -0.2) is 37.7 Å². The van der Waals surface area contributed by atoms with Gasteiger partial charge in [-0.1, -0.05) is 12.1 Å². The third-order valence-corrected chi connectivity index (χ3v) is 3.88. The summed E-state index contributed by atoms with van der Waals surface area (Å²) < 4.78 is 37.2. The fraction of sp³-hybridized carbons (Fsp3) is 0.333. The van der Waals surface area contributed by atoms with Gasteiger partial charge >= 0.3 is 0 Å². The zero-order chi connectivity index (χ0) is 16.1. The van der Waals surface area contributed by atoms with E-state index in [1.807, 2.05) is 0 Å². The summed E-state index contributed by atoms with van der Waals surface area (Å²) in [6.07, 6.45) is -0.0461. The van der Waals surface area contributed by atoms with Crippen molar-refractivity contribution in [3.05, 3.63) is 65.7 Å². The number of hydrogen-bond donors (Lipinski definition) is 0. The molecule has 1 atom stereocenters. The highest BCUT2D eigenvalue weighted by molar-refractivity contribution is 5.22. The largest absolute Gasteiger partial charge is 0.492 e. The molecule has 0 aliphatic carbocycles. The van der Waals surface area contributed by atoms with Gasteiger partial charge < -0.3 is 9.47 Å². The van der Waals surface area contributed by atoms with Crippen LogP contribution in [0.15, 0.2) is 48.5 Å². The monoisotopic (exact) mass is 319 g/mol. The van der Waals surface area contributed by atoms with Crippen molar-refractivity contribution < 1.29 is 18.3 Å². The van der Waals surface area contributed by atoms with Gasteiger partial charge in [-0.3, -0.25) is 4.90 Å². The maximum Gasteiger partial charge on any atom is 0.123 e. The van der Waals surface area contributed by atoms with Crippen LogP contribution in [0.4, 0.5) is 8.78 Å². The van der Waals surface area contributed by atoms with E-state index in [2.05, 4.69) is 4.90 Å². The lowest BCUT2D eigenvalue weighted by Gasteiger charge is -2.33. The van der Waals surface area contributed by atoms with E-state index in [9.17, 15) is 8.78 Å². The first-order chi connectivity index (χ1) is 11.2. The van der Waals surface area contributed by atoms with Crippen molar-refractivity contribution >= 4 is 0 Å². The molecule has 0 saturated carbocycles. The summed E-state index contributed by atoms with van der Waals surface area (Å²) in [4.78, 5) is 2.25. The van der Waals surface area contributed by atoms with Gasteiger partial charge in [-0.15, -0.1) is 0 Å². The summed E-state index contributed by atoms with van der Waals surface area (Å²) in [7, 11) is 0. The van der Waals surface area contributed by atoms with Gasteiger partial charge in [0.05, 0.1) is 12.7 Å². The molecule has 2 aromatic carbocycles. The van der Waals surface area contributed by atoms with E-state index in [-0.39, 0.29) is 17.7 Å². The van der Waals surface area contributed by atoms with Crippen LogP contribution in [0.5, 0.6) is 5.75 Å². The molecule has 3 rings (SSSR count). The highest BCUT2D eigenvalue weighted by atomic mass is 19.1. The van der Waals surface area contributed by atoms with Crippen LogP contribution in [0.3, 0.4) is 0 Å². The topological polar surface area (TPSA) is 21.7 Å². The molecule has 0 radical (unpaired) electrons. The Hall–Kier alpha value is -1.98. The van der Waals surface area contributed by atoms with Gasteiger partial charge in [0.1, 0.15) is 24.0 Å². The summed E-state index contributed by atoms with van der Waals surface area (Å²) in [5.74, 6) is 0.150. The SMILES string of the molecule is Fc1ccc(OCCN2CCOC(c3ccc(F)cc3)C2)cc1. The maximum atomic E-state index is 13.0. The number of halogens is 2. The van der Waals surface area contributed by atoms with E-state index < -0.39 is 0 Å². The van der Waals surface area contributed by atoms with Gasteiger partial charge in [0.2, 0.25) is 0 Å². The molecule has 0 amide bonds. The normalized spacial score (nSPS) is 18.8. The number of nitrogens with zero attached hydrogens (tertiary/aromatic N) is 1. The Bertz CT molecular complexity index is 616. The number of benzene rings is 2. The lowest BCUT2D eigenvalue weighted by atomic mass is 10.1. The van der Waals surface area contributed by atoms with Gasteiger partial charge in [-0.2, -0.15) is 0 Å². The Morgan fingerprint density at radius 1 is 1.00 bits per heavy atom. The molecule has 2 aromatic rings. The van der Waals surface area contributed by atoms with Crippen LogP contribution in [0.25, 0.3) is 0 Å². The lowest BCUT2D eigenvalue weighted by Crippen LogP contribution is -2.40. The second kappa shape index (κ2) is 7.53. The van der Waals surface area contributed by atoms with E-state index in [0.29, 0.717) is 19.0 Å². The number of morpholine rings is 1. The van der Waals surface area contributed by atoms with Crippen molar-refractivity contribution in [2.24, 2.45) is 0 Å². The van der Waals surface area contributed by atoms with Crippen LogP contribution >= 0.6 is 0 Å². The first-order valence-electron chi connectivity index (χ1n) is 7.68. The van der Waals surface area contributed by atoms with Crippen LogP contribution < -0.4 is 4.74 Å². The summed E-state index contributed by atoms with van der Waals surface area (Å²) in [6.45, 7) is 3.52. The molecule has 23 heavy (non-hydrogen) atoms. The Balaban J connectivity index is 1.48. The molecule has 1 saturated heterocycles. The molecule has 1 fully saturated rings. The van der Waals surface area contributed by atoms with E-state index in [1.165, 1.54) is 24.3 Å². The van der Waals surface area contributed by atoms with Crippen molar-refractivity contribution in [3.8, 4) is 5.75 Å². The first-order valence-corrected chi connectivity index (χ1v) is 7.68. The van der Waals surface area contributed by atoms with Crippen molar-refractivity contribution in [1.29, 1.82) is 0 Å². The number of hydrogen-bond acceptors (Lipinski definition) is 3. The molecular weight excluding hydrogens is 300 g/mol. The van der Waals surface area contributed by atoms with Gasteiger partial charge in [0.15, 0.2) is 0 Å². The van der Waals surface area contributed by atoms with Gasteiger partial charge in [0, 0.05) is 19.6 Å². The number of rotatable bonds is 5. The molecule has 1 unspecified atom stereocenters. The average Bonchev–Trinajstić information content (AvgIpc) is 2.58. The van der Waals surface area contributed by atoms with E-state index in [4.69, 9.17) is 9.47 Å². The fourth-order valence-electron chi connectivity index (χ4n) is 2.61. The zero-order valence-corrected chi connectivity index (χ0v) is 12.8. The van der Waals surface area contributed by atoms with Crippen molar-refractivity contribution in [2.75, 3.05) is 32.8 Å². The molecule has 3 nitrogen and oxygen atoms in total. The predicted octanol–water partition coefficient (Wildman–Crippen LogP) is 3.42. The molecule has 122 valence electrons. The molecule has 0 N–H and O–H groups in total. The second-order valence-electron chi connectivity index (χ2n) is 5.51. The highest BCUT2D eigenvalue weighted by Crippen LogP contribution is 2.22. The van der Waals surface area contributed by atoms with E-state index >= 15 is 0 Å². The maximum absolute atomic E-state index is 13.0. The van der Waals surface area contributed by atoms with Crippen molar-refractivity contribution in [2.45, 2.75) is 6.10 Å². The average molecular weight is 319 g/mol. The minimum Gasteiger partial charge on any atom is -0.492 e. The third kappa shape index (κ3) is 4.50. The molecule has 5 heteroatoms. The van der Waals surface area contributed by atoms with Crippen molar-refractivity contribution in [3.63, 3.8) is 0 Å². The minimum atomic E-state index is -0.271. The van der Waals surface area contributed by atoms with Crippen LogP contribution in [0, 0.1) is 11.6 Å². The fourth-order valence-corrected chi connectivity index (χ4v) is 2.61. The molecule has 1 heterocycles. The third-order valence-electron chi connectivity index (χ3n) is 3.88. The second-order valence-corrected chi connectivity index (χ2v) is 5.51. The van der Waals surface area contributed by atoms with Gasteiger partial charge in [-0.25, -0.2) is 8.78 Å². The summed E-state index contributed by atoms with van der Waals surface area (Å²) in [6, 6.07) is 12.4. The van der Waals surface area contributed by atoms with E-state index in [1.54, 1.807) is 24.3 Å². The van der Waals surface area contributed by atoms with Gasteiger partial charge in [0.25, 0.3) is 0 Å².